The molecule has 1 fully saturated rings. The molecule has 3 heterocycles. The van der Waals surface area contributed by atoms with Crippen LogP contribution in [0.15, 0.2) is 30.9 Å². The van der Waals surface area contributed by atoms with E-state index in [1.807, 2.05) is 26.4 Å². The molecule has 0 unspecified atom stereocenters. The van der Waals surface area contributed by atoms with E-state index in [2.05, 4.69) is 26.0 Å². The molecule has 19 heavy (non-hydrogen) atoms. The van der Waals surface area contributed by atoms with Gasteiger partial charge in [-0.25, -0.2) is 4.68 Å². The van der Waals surface area contributed by atoms with E-state index >= 15 is 0 Å². The van der Waals surface area contributed by atoms with E-state index in [-0.39, 0.29) is 12.1 Å². The SMILES string of the molecule is CN(c1ncnn1C)[C@H]1CCO[C@@H]1c1cccnc1. The van der Waals surface area contributed by atoms with Crippen LogP contribution in [0.25, 0.3) is 0 Å². The lowest BCUT2D eigenvalue weighted by Gasteiger charge is -2.28. The first-order valence-electron chi connectivity index (χ1n) is 6.35. The average Bonchev–Trinajstić information content (AvgIpc) is 3.07. The summed E-state index contributed by atoms with van der Waals surface area (Å²) >= 11 is 0. The highest BCUT2D eigenvalue weighted by atomic mass is 16.5. The largest absolute Gasteiger partial charge is 0.371 e. The Morgan fingerprint density at radius 1 is 1.47 bits per heavy atom. The summed E-state index contributed by atoms with van der Waals surface area (Å²) < 4.78 is 7.65. The lowest BCUT2D eigenvalue weighted by Crippen LogP contribution is -2.35. The Bertz CT molecular complexity index is 541. The monoisotopic (exact) mass is 259 g/mol. The molecule has 3 rings (SSSR count). The number of hydrogen-bond acceptors (Lipinski definition) is 5. The fraction of sp³-hybridized carbons (Fsp3) is 0.462. The lowest BCUT2D eigenvalue weighted by atomic mass is 10.0. The molecule has 0 amide bonds. The highest BCUT2D eigenvalue weighted by Crippen LogP contribution is 2.33. The quantitative estimate of drug-likeness (QED) is 0.828. The third-order valence-corrected chi connectivity index (χ3v) is 3.57. The third-order valence-electron chi connectivity index (χ3n) is 3.57. The molecule has 1 aliphatic rings. The van der Waals surface area contributed by atoms with E-state index in [0.717, 1.165) is 24.5 Å². The van der Waals surface area contributed by atoms with E-state index in [0.29, 0.717) is 0 Å². The van der Waals surface area contributed by atoms with Crippen molar-refractivity contribution in [2.75, 3.05) is 18.6 Å². The van der Waals surface area contributed by atoms with Crippen molar-refractivity contribution < 1.29 is 4.74 Å². The first-order chi connectivity index (χ1) is 9.27. The molecule has 6 heteroatoms. The number of aryl methyl sites for hydroxylation is 1. The van der Waals surface area contributed by atoms with Crippen molar-refractivity contribution in [3.05, 3.63) is 36.4 Å². The van der Waals surface area contributed by atoms with Crippen LogP contribution in [0.2, 0.25) is 0 Å². The summed E-state index contributed by atoms with van der Waals surface area (Å²) in [5.41, 5.74) is 1.11. The molecule has 0 spiro atoms. The maximum absolute atomic E-state index is 5.87. The van der Waals surface area contributed by atoms with Crippen molar-refractivity contribution in [1.29, 1.82) is 0 Å². The minimum absolute atomic E-state index is 0.0374. The van der Waals surface area contributed by atoms with Crippen LogP contribution in [0.4, 0.5) is 5.95 Å². The van der Waals surface area contributed by atoms with Crippen molar-refractivity contribution in [2.45, 2.75) is 18.6 Å². The Balaban J connectivity index is 1.86. The normalized spacial score (nSPS) is 22.6. The summed E-state index contributed by atoms with van der Waals surface area (Å²) in [6.45, 7) is 0.756. The van der Waals surface area contributed by atoms with Gasteiger partial charge in [0.25, 0.3) is 0 Å². The summed E-state index contributed by atoms with van der Waals surface area (Å²) in [5, 5.41) is 4.12. The highest BCUT2D eigenvalue weighted by molar-refractivity contribution is 5.32. The number of anilines is 1. The Morgan fingerprint density at radius 3 is 3.05 bits per heavy atom. The van der Waals surface area contributed by atoms with E-state index in [1.165, 1.54) is 0 Å². The zero-order valence-corrected chi connectivity index (χ0v) is 11.1. The van der Waals surface area contributed by atoms with Gasteiger partial charge in [-0.05, 0) is 12.5 Å². The van der Waals surface area contributed by atoms with Crippen LogP contribution in [0.3, 0.4) is 0 Å². The van der Waals surface area contributed by atoms with Crippen LogP contribution in [-0.4, -0.2) is 39.4 Å². The number of rotatable bonds is 3. The first kappa shape index (κ1) is 12.1. The van der Waals surface area contributed by atoms with Gasteiger partial charge >= 0.3 is 0 Å². The fourth-order valence-corrected chi connectivity index (χ4v) is 2.60. The van der Waals surface area contributed by atoms with Gasteiger partial charge in [0, 0.05) is 38.7 Å². The van der Waals surface area contributed by atoms with Crippen molar-refractivity contribution in [3.8, 4) is 0 Å². The molecule has 0 N–H and O–H groups in total. The molecule has 6 nitrogen and oxygen atoms in total. The summed E-state index contributed by atoms with van der Waals surface area (Å²) in [5.74, 6) is 0.851. The molecule has 1 saturated heterocycles. The van der Waals surface area contributed by atoms with Crippen LogP contribution in [-0.2, 0) is 11.8 Å². The standard InChI is InChI=1S/C13H17N5O/c1-17(13-15-9-16-18(13)2)11-5-7-19-12(11)10-4-3-6-14-8-10/h3-4,6,8-9,11-12H,5,7H2,1-2H3/t11-,12+/m0/s1. The molecular formula is C13H17N5O. The minimum Gasteiger partial charge on any atom is -0.371 e. The number of nitrogens with zero attached hydrogens (tertiary/aromatic N) is 5. The Kier molecular flexibility index (Phi) is 3.16. The molecule has 2 aromatic heterocycles. The topological polar surface area (TPSA) is 56.1 Å². The van der Waals surface area contributed by atoms with Crippen LogP contribution in [0.5, 0.6) is 0 Å². The molecule has 1 aliphatic heterocycles. The van der Waals surface area contributed by atoms with E-state index in [4.69, 9.17) is 4.74 Å². The van der Waals surface area contributed by atoms with Gasteiger partial charge in [0.05, 0.1) is 6.04 Å². The molecular weight excluding hydrogens is 242 g/mol. The Labute approximate surface area is 112 Å². The van der Waals surface area contributed by atoms with Crippen molar-refractivity contribution in [1.82, 2.24) is 19.7 Å². The minimum atomic E-state index is 0.0374. The van der Waals surface area contributed by atoms with Gasteiger partial charge in [0.2, 0.25) is 5.95 Å². The van der Waals surface area contributed by atoms with Crippen LogP contribution in [0, 0.1) is 0 Å². The van der Waals surface area contributed by atoms with E-state index in [1.54, 1.807) is 17.2 Å². The van der Waals surface area contributed by atoms with Gasteiger partial charge in [0.1, 0.15) is 12.4 Å². The van der Waals surface area contributed by atoms with Crippen molar-refractivity contribution >= 4 is 5.95 Å². The second-order valence-electron chi connectivity index (χ2n) is 4.73. The zero-order chi connectivity index (χ0) is 13.2. The first-order valence-corrected chi connectivity index (χ1v) is 6.35. The Morgan fingerprint density at radius 2 is 2.37 bits per heavy atom. The van der Waals surface area contributed by atoms with Crippen molar-refractivity contribution in [3.63, 3.8) is 0 Å². The fourth-order valence-electron chi connectivity index (χ4n) is 2.60. The second-order valence-corrected chi connectivity index (χ2v) is 4.73. The van der Waals surface area contributed by atoms with Gasteiger partial charge in [-0.15, -0.1) is 0 Å². The lowest BCUT2D eigenvalue weighted by molar-refractivity contribution is 0.104. The molecule has 100 valence electrons. The molecule has 0 bridgehead atoms. The summed E-state index contributed by atoms with van der Waals surface area (Å²) in [7, 11) is 3.93. The summed E-state index contributed by atoms with van der Waals surface area (Å²) in [6.07, 6.45) is 6.23. The highest BCUT2D eigenvalue weighted by Gasteiger charge is 2.34. The number of aromatic nitrogens is 4. The molecule has 0 radical (unpaired) electrons. The Hall–Kier alpha value is -1.95. The number of hydrogen-bond donors (Lipinski definition) is 0. The predicted molar refractivity (Wildman–Crippen MR) is 70.7 cm³/mol. The van der Waals surface area contributed by atoms with Gasteiger partial charge in [0.15, 0.2) is 0 Å². The molecule has 2 aromatic rings. The maximum Gasteiger partial charge on any atom is 0.223 e. The third kappa shape index (κ3) is 2.19. The average molecular weight is 259 g/mol. The number of pyridine rings is 1. The van der Waals surface area contributed by atoms with Crippen LogP contribution in [0.1, 0.15) is 18.1 Å². The van der Waals surface area contributed by atoms with Crippen molar-refractivity contribution in [2.24, 2.45) is 7.05 Å². The smallest absolute Gasteiger partial charge is 0.223 e. The summed E-state index contributed by atoms with van der Waals surface area (Å²) in [4.78, 5) is 10.6. The molecule has 0 saturated carbocycles. The van der Waals surface area contributed by atoms with Crippen LogP contribution >= 0.6 is 0 Å². The van der Waals surface area contributed by atoms with Gasteiger partial charge in [-0.1, -0.05) is 6.07 Å². The second kappa shape index (κ2) is 4.97. The molecule has 0 aromatic carbocycles. The number of likely N-dealkylation sites (N-methyl/N-ethyl adjacent to an activating group) is 1. The predicted octanol–water partition coefficient (Wildman–Crippen LogP) is 1.18. The van der Waals surface area contributed by atoms with Gasteiger partial charge in [-0.2, -0.15) is 10.1 Å². The van der Waals surface area contributed by atoms with Gasteiger partial charge in [-0.3, -0.25) is 4.98 Å². The molecule has 2 atom stereocenters. The summed E-state index contributed by atoms with van der Waals surface area (Å²) in [6, 6.07) is 4.25. The number of ether oxygens (including phenoxy) is 1. The van der Waals surface area contributed by atoms with E-state index < -0.39 is 0 Å². The van der Waals surface area contributed by atoms with Crippen LogP contribution < -0.4 is 4.90 Å². The zero-order valence-electron chi connectivity index (χ0n) is 11.1. The maximum atomic E-state index is 5.87. The van der Waals surface area contributed by atoms with E-state index in [9.17, 15) is 0 Å². The molecule has 0 aliphatic carbocycles. The van der Waals surface area contributed by atoms with Gasteiger partial charge < -0.3 is 9.64 Å².